The van der Waals surface area contributed by atoms with E-state index >= 15 is 0 Å². The fourth-order valence-electron chi connectivity index (χ4n) is 3.50. The number of aromatic nitrogens is 6. The Labute approximate surface area is 168 Å². The molecule has 1 aromatic carbocycles. The molecule has 4 rings (SSSR count). The van der Waals surface area contributed by atoms with E-state index in [-0.39, 0.29) is 11.9 Å². The van der Waals surface area contributed by atoms with E-state index in [0.29, 0.717) is 18.6 Å². The van der Waals surface area contributed by atoms with E-state index in [4.69, 9.17) is 0 Å². The van der Waals surface area contributed by atoms with Crippen LogP contribution in [-0.4, -0.2) is 35.0 Å². The number of benzene rings is 1. The number of amides is 1. The molecule has 0 fully saturated rings. The molecule has 1 amide bonds. The molecule has 0 aliphatic carbocycles. The maximum Gasteiger partial charge on any atom is 0.252 e. The molecule has 29 heavy (non-hydrogen) atoms. The molecule has 0 spiro atoms. The van der Waals surface area contributed by atoms with Gasteiger partial charge in [-0.15, -0.1) is 0 Å². The van der Waals surface area contributed by atoms with Crippen molar-refractivity contribution in [3.05, 3.63) is 71.8 Å². The predicted molar refractivity (Wildman–Crippen MR) is 109 cm³/mol. The number of nitrogens with one attached hydrogen (secondary N) is 1. The van der Waals surface area contributed by atoms with Crippen molar-refractivity contribution in [2.75, 3.05) is 0 Å². The molecule has 0 unspecified atom stereocenters. The number of rotatable bonds is 6. The van der Waals surface area contributed by atoms with Crippen LogP contribution in [0.25, 0.3) is 11.5 Å². The third-order valence-corrected chi connectivity index (χ3v) is 5.16. The highest BCUT2D eigenvalue weighted by atomic mass is 16.1. The summed E-state index contributed by atoms with van der Waals surface area (Å²) in [6.07, 6.45) is 7.90. The predicted octanol–water partition coefficient (Wildman–Crippen LogP) is 2.74. The topological polar surface area (TPSA) is 90.0 Å². The Balaban J connectivity index is 1.38. The number of fused-ring (bicyclic) bond motifs is 1. The van der Waals surface area contributed by atoms with Gasteiger partial charge >= 0.3 is 0 Å². The monoisotopic (exact) mass is 389 g/mol. The highest BCUT2D eigenvalue weighted by molar-refractivity contribution is 5.76. The summed E-state index contributed by atoms with van der Waals surface area (Å²) in [6, 6.07) is 8.02. The number of hydrogen-bond acceptors (Lipinski definition) is 5. The van der Waals surface area contributed by atoms with Crippen molar-refractivity contribution in [1.82, 2.24) is 34.4 Å². The zero-order valence-corrected chi connectivity index (χ0v) is 16.7. The van der Waals surface area contributed by atoms with Crippen LogP contribution in [0, 0.1) is 13.8 Å². The standard InChI is InChI=1S/C21H23N7O/c1-14(17-4-6-18(7-5-17)27-11-10-22-13-27)25-20(29)9-8-19-15(2)26-21-23-12-24-28(21)16(19)3/h4-7,10-14H,8-9H2,1-3H3,(H,25,29)/t14-/m0/s1. The molecule has 1 atom stereocenters. The van der Waals surface area contributed by atoms with Crippen LogP contribution in [0.1, 0.15) is 41.9 Å². The molecule has 0 aliphatic rings. The van der Waals surface area contributed by atoms with E-state index in [1.807, 2.05) is 55.8 Å². The highest BCUT2D eigenvalue weighted by Crippen LogP contribution is 2.17. The Kier molecular flexibility index (Phi) is 5.07. The second-order valence-corrected chi connectivity index (χ2v) is 7.08. The smallest absolute Gasteiger partial charge is 0.252 e. The summed E-state index contributed by atoms with van der Waals surface area (Å²) in [5.74, 6) is 0.592. The highest BCUT2D eigenvalue weighted by Gasteiger charge is 2.14. The van der Waals surface area contributed by atoms with Crippen molar-refractivity contribution < 1.29 is 4.79 Å². The Morgan fingerprint density at radius 1 is 1.21 bits per heavy atom. The van der Waals surface area contributed by atoms with Gasteiger partial charge in [-0.25, -0.2) is 14.5 Å². The number of imidazole rings is 1. The molecule has 0 aliphatic heterocycles. The first kappa shape index (κ1) is 18.8. The van der Waals surface area contributed by atoms with Crippen LogP contribution in [0.4, 0.5) is 0 Å². The van der Waals surface area contributed by atoms with Gasteiger partial charge in [0, 0.05) is 35.9 Å². The van der Waals surface area contributed by atoms with Crippen LogP contribution in [-0.2, 0) is 11.2 Å². The van der Waals surface area contributed by atoms with E-state index in [1.54, 1.807) is 17.0 Å². The fraction of sp³-hybridized carbons (Fsp3) is 0.286. The van der Waals surface area contributed by atoms with Crippen LogP contribution in [0.5, 0.6) is 0 Å². The van der Waals surface area contributed by atoms with E-state index < -0.39 is 0 Å². The van der Waals surface area contributed by atoms with Gasteiger partial charge < -0.3 is 9.88 Å². The lowest BCUT2D eigenvalue weighted by Gasteiger charge is -2.16. The lowest BCUT2D eigenvalue weighted by Crippen LogP contribution is -2.27. The quantitative estimate of drug-likeness (QED) is 0.548. The third-order valence-electron chi connectivity index (χ3n) is 5.16. The Bertz CT molecular complexity index is 1130. The molecule has 148 valence electrons. The second-order valence-electron chi connectivity index (χ2n) is 7.08. The maximum absolute atomic E-state index is 12.5. The minimum atomic E-state index is -0.0718. The van der Waals surface area contributed by atoms with Crippen LogP contribution < -0.4 is 5.32 Å². The molecule has 0 saturated carbocycles. The fourth-order valence-corrected chi connectivity index (χ4v) is 3.50. The zero-order valence-electron chi connectivity index (χ0n) is 16.7. The lowest BCUT2D eigenvalue weighted by molar-refractivity contribution is -0.121. The number of carbonyl (C=O) groups excluding carboxylic acids is 1. The third kappa shape index (κ3) is 3.87. The molecular formula is C21H23N7O. The molecular weight excluding hydrogens is 366 g/mol. The molecule has 0 saturated heterocycles. The zero-order chi connectivity index (χ0) is 20.4. The van der Waals surface area contributed by atoms with Crippen LogP contribution >= 0.6 is 0 Å². The maximum atomic E-state index is 12.5. The van der Waals surface area contributed by atoms with Crippen molar-refractivity contribution in [2.45, 2.75) is 39.7 Å². The minimum absolute atomic E-state index is 0.00803. The van der Waals surface area contributed by atoms with Gasteiger partial charge in [0.05, 0.1) is 12.4 Å². The number of aryl methyl sites for hydroxylation is 2. The number of hydrogen-bond donors (Lipinski definition) is 1. The molecule has 1 N–H and O–H groups in total. The van der Waals surface area contributed by atoms with Gasteiger partial charge in [-0.2, -0.15) is 10.1 Å². The molecule has 8 nitrogen and oxygen atoms in total. The van der Waals surface area contributed by atoms with E-state index in [2.05, 4.69) is 25.4 Å². The second kappa shape index (κ2) is 7.83. The van der Waals surface area contributed by atoms with Crippen LogP contribution in [0.3, 0.4) is 0 Å². The van der Waals surface area contributed by atoms with Gasteiger partial charge in [0.15, 0.2) is 0 Å². The first-order chi connectivity index (χ1) is 14.0. The van der Waals surface area contributed by atoms with Crippen molar-refractivity contribution in [1.29, 1.82) is 0 Å². The van der Waals surface area contributed by atoms with E-state index in [0.717, 1.165) is 28.2 Å². The first-order valence-corrected chi connectivity index (χ1v) is 9.56. The van der Waals surface area contributed by atoms with Gasteiger partial charge in [0.25, 0.3) is 5.78 Å². The molecule has 0 radical (unpaired) electrons. The van der Waals surface area contributed by atoms with Crippen molar-refractivity contribution in [2.24, 2.45) is 0 Å². The lowest BCUT2D eigenvalue weighted by atomic mass is 10.0. The first-order valence-electron chi connectivity index (χ1n) is 9.56. The van der Waals surface area contributed by atoms with E-state index in [9.17, 15) is 4.79 Å². The van der Waals surface area contributed by atoms with Gasteiger partial charge in [-0.3, -0.25) is 4.79 Å². The SMILES string of the molecule is Cc1nc2ncnn2c(C)c1CCC(=O)N[C@@H](C)c1ccc(-n2ccnc2)cc1. The van der Waals surface area contributed by atoms with Crippen LogP contribution in [0.15, 0.2) is 49.3 Å². The van der Waals surface area contributed by atoms with Gasteiger partial charge in [0.1, 0.15) is 6.33 Å². The number of carbonyl (C=O) groups is 1. The average molecular weight is 389 g/mol. The molecule has 0 bridgehead atoms. The average Bonchev–Trinajstić information content (AvgIpc) is 3.40. The summed E-state index contributed by atoms with van der Waals surface area (Å²) >= 11 is 0. The van der Waals surface area contributed by atoms with Gasteiger partial charge in [-0.05, 0) is 50.5 Å². The summed E-state index contributed by atoms with van der Waals surface area (Å²) < 4.78 is 3.66. The minimum Gasteiger partial charge on any atom is -0.350 e. The van der Waals surface area contributed by atoms with Gasteiger partial charge in [0.2, 0.25) is 5.91 Å². The normalized spacial score (nSPS) is 12.2. The Morgan fingerprint density at radius 2 is 2.00 bits per heavy atom. The van der Waals surface area contributed by atoms with E-state index in [1.165, 1.54) is 6.33 Å². The van der Waals surface area contributed by atoms with Gasteiger partial charge in [-0.1, -0.05) is 12.1 Å². The summed E-state index contributed by atoms with van der Waals surface area (Å²) in [7, 11) is 0. The van der Waals surface area contributed by atoms with Crippen molar-refractivity contribution in [3.63, 3.8) is 0 Å². The largest absolute Gasteiger partial charge is 0.350 e. The van der Waals surface area contributed by atoms with Crippen LogP contribution in [0.2, 0.25) is 0 Å². The Hall–Kier alpha value is -3.55. The van der Waals surface area contributed by atoms with Crippen molar-refractivity contribution in [3.8, 4) is 5.69 Å². The summed E-state index contributed by atoms with van der Waals surface area (Å²) in [5.41, 5.74) is 4.99. The molecule has 8 heteroatoms. The Morgan fingerprint density at radius 3 is 2.72 bits per heavy atom. The summed E-state index contributed by atoms with van der Waals surface area (Å²) in [5, 5.41) is 7.28. The summed E-state index contributed by atoms with van der Waals surface area (Å²) in [4.78, 5) is 25.2. The summed E-state index contributed by atoms with van der Waals surface area (Å²) in [6.45, 7) is 5.91. The molecule has 3 heterocycles. The number of nitrogens with zero attached hydrogens (tertiary/aromatic N) is 6. The molecule has 3 aromatic heterocycles. The van der Waals surface area contributed by atoms with Crippen molar-refractivity contribution >= 4 is 11.7 Å². The molecule has 4 aromatic rings.